The molecular weight excluding hydrogens is 402 g/mol. The third kappa shape index (κ3) is 4.41. The van der Waals surface area contributed by atoms with Crippen LogP contribution in [0.1, 0.15) is 27.0 Å². The minimum atomic E-state index is -5.06. The number of aromatic amines is 1. The second kappa shape index (κ2) is 6.94. The topological polar surface area (TPSA) is 62.0 Å². The molecule has 29 heavy (non-hydrogen) atoms. The van der Waals surface area contributed by atoms with Crippen molar-refractivity contribution >= 4 is 22.5 Å². The molecule has 0 aliphatic rings. The lowest BCUT2D eigenvalue weighted by atomic mass is 10.0. The number of benzene rings is 2. The Balaban J connectivity index is 2.00. The summed E-state index contributed by atoms with van der Waals surface area (Å²) in [6, 6.07) is 6.34. The van der Waals surface area contributed by atoms with Gasteiger partial charge in [0, 0.05) is 22.7 Å². The largest absolute Gasteiger partial charge is 0.416 e. The normalized spacial score (nSPS) is 12.2. The molecule has 3 aromatic rings. The van der Waals surface area contributed by atoms with Crippen molar-refractivity contribution in [2.24, 2.45) is 0 Å². The molecule has 0 saturated heterocycles. The van der Waals surface area contributed by atoms with Crippen LogP contribution in [0, 0.1) is 6.92 Å². The van der Waals surface area contributed by atoms with Gasteiger partial charge in [-0.2, -0.15) is 26.3 Å². The lowest BCUT2D eigenvalue weighted by molar-refractivity contribution is -0.143. The van der Waals surface area contributed by atoms with E-state index in [9.17, 15) is 35.9 Å². The fraction of sp³-hybridized carbons (Fsp3) is 0.158. The molecule has 4 nitrogen and oxygen atoms in total. The average molecular weight is 414 g/mol. The van der Waals surface area contributed by atoms with Crippen LogP contribution in [0.25, 0.3) is 10.9 Å². The summed E-state index contributed by atoms with van der Waals surface area (Å²) in [5.41, 5.74) is -3.26. The number of hydrogen-bond donors (Lipinski definition) is 2. The lowest BCUT2D eigenvalue weighted by Crippen LogP contribution is -2.17. The summed E-state index contributed by atoms with van der Waals surface area (Å²) < 4.78 is 77.7. The molecule has 0 atom stereocenters. The highest BCUT2D eigenvalue weighted by molar-refractivity contribution is 6.05. The van der Waals surface area contributed by atoms with Crippen LogP contribution in [0.2, 0.25) is 0 Å². The number of nitrogens with one attached hydrogen (secondary N) is 2. The van der Waals surface area contributed by atoms with E-state index in [4.69, 9.17) is 0 Å². The first-order chi connectivity index (χ1) is 13.3. The van der Waals surface area contributed by atoms with Crippen LogP contribution in [0.5, 0.6) is 0 Å². The van der Waals surface area contributed by atoms with Crippen LogP contribution in [0.4, 0.5) is 32.0 Å². The average Bonchev–Trinajstić information content (AvgIpc) is 2.59. The summed E-state index contributed by atoms with van der Waals surface area (Å²) >= 11 is 0. The standard InChI is InChI=1S/C19H12F6N2O2/c1-9-4-16(28)27-15-8-13(2-3-14(9)15)26-17(29)10-5-11(18(20,21)22)7-12(6-10)19(23,24)25/h2-8H,1H3,(H,26,29)(H,27,28). The van der Waals surface area contributed by atoms with Gasteiger partial charge in [-0.05, 0) is 42.8 Å². The number of hydrogen-bond acceptors (Lipinski definition) is 2. The Morgan fingerprint density at radius 2 is 1.48 bits per heavy atom. The second-order valence-electron chi connectivity index (χ2n) is 6.33. The van der Waals surface area contributed by atoms with Gasteiger partial charge in [-0.25, -0.2) is 0 Å². The molecule has 10 heteroatoms. The van der Waals surface area contributed by atoms with Gasteiger partial charge < -0.3 is 10.3 Å². The van der Waals surface area contributed by atoms with Crippen molar-refractivity contribution in [2.75, 3.05) is 5.32 Å². The number of aromatic nitrogens is 1. The van der Waals surface area contributed by atoms with Crippen LogP contribution >= 0.6 is 0 Å². The Morgan fingerprint density at radius 1 is 0.897 bits per heavy atom. The van der Waals surface area contributed by atoms with Crippen LogP contribution < -0.4 is 10.9 Å². The van der Waals surface area contributed by atoms with Crippen molar-refractivity contribution in [3.8, 4) is 0 Å². The molecule has 1 amide bonds. The van der Waals surface area contributed by atoms with Crippen LogP contribution in [-0.4, -0.2) is 10.9 Å². The molecule has 0 radical (unpaired) electrons. The zero-order valence-electron chi connectivity index (χ0n) is 14.6. The van der Waals surface area contributed by atoms with E-state index in [1.807, 2.05) is 0 Å². The predicted molar refractivity (Wildman–Crippen MR) is 93.7 cm³/mol. The Morgan fingerprint density at radius 3 is 2.03 bits per heavy atom. The summed E-state index contributed by atoms with van der Waals surface area (Å²) in [6.45, 7) is 1.69. The first-order valence-electron chi connectivity index (χ1n) is 8.09. The molecule has 0 aliphatic carbocycles. The minimum Gasteiger partial charge on any atom is -0.322 e. The third-order valence-corrected chi connectivity index (χ3v) is 4.16. The van der Waals surface area contributed by atoms with Gasteiger partial charge in [0.25, 0.3) is 5.91 Å². The Bertz CT molecular complexity index is 1130. The number of carbonyl (C=O) groups excluding carboxylic acids is 1. The number of alkyl halides is 6. The van der Waals surface area contributed by atoms with Gasteiger partial charge in [-0.3, -0.25) is 9.59 Å². The summed E-state index contributed by atoms with van der Waals surface area (Å²) in [4.78, 5) is 26.4. The number of anilines is 1. The van der Waals surface area contributed by atoms with Gasteiger partial charge in [-0.1, -0.05) is 6.07 Å². The monoisotopic (exact) mass is 414 g/mol. The number of amides is 1. The molecule has 1 heterocycles. The molecule has 0 unspecified atom stereocenters. The van der Waals surface area contributed by atoms with E-state index < -0.39 is 40.5 Å². The molecule has 3 rings (SSSR count). The number of H-pyrrole nitrogens is 1. The fourth-order valence-electron chi connectivity index (χ4n) is 2.80. The van der Waals surface area contributed by atoms with Gasteiger partial charge in [0.1, 0.15) is 0 Å². The third-order valence-electron chi connectivity index (χ3n) is 4.16. The van der Waals surface area contributed by atoms with E-state index in [2.05, 4.69) is 10.3 Å². The molecule has 2 aromatic carbocycles. The van der Waals surface area contributed by atoms with E-state index in [0.717, 1.165) is 0 Å². The van der Waals surface area contributed by atoms with Crippen molar-refractivity contribution < 1.29 is 31.1 Å². The molecule has 0 aliphatic heterocycles. The summed E-state index contributed by atoms with van der Waals surface area (Å²) in [6.07, 6.45) is -10.1. The van der Waals surface area contributed by atoms with E-state index in [1.165, 1.54) is 18.2 Å². The number of pyridine rings is 1. The maximum Gasteiger partial charge on any atom is 0.416 e. The maximum atomic E-state index is 12.9. The Hall–Kier alpha value is -3.30. The smallest absolute Gasteiger partial charge is 0.322 e. The van der Waals surface area contributed by atoms with Crippen molar-refractivity contribution in [1.82, 2.24) is 4.98 Å². The molecule has 152 valence electrons. The van der Waals surface area contributed by atoms with Crippen LogP contribution in [0.15, 0.2) is 47.3 Å². The van der Waals surface area contributed by atoms with E-state index in [1.54, 1.807) is 13.0 Å². The van der Waals surface area contributed by atoms with Crippen LogP contribution in [0.3, 0.4) is 0 Å². The first-order valence-corrected chi connectivity index (χ1v) is 8.09. The molecule has 0 fully saturated rings. The summed E-state index contributed by atoms with van der Waals surface area (Å²) in [7, 11) is 0. The van der Waals surface area contributed by atoms with E-state index >= 15 is 0 Å². The molecule has 0 bridgehead atoms. The Kier molecular flexibility index (Phi) is 4.89. The minimum absolute atomic E-state index is 0.0552. The number of fused-ring (bicyclic) bond motifs is 1. The predicted octanol–water partition coefficient (Wildman–Crippen LogP) is 5.13. The summed E-state index contributed by atoms with van der Waals surface area (Å²) in [5, 5.41) is 2.92. The number of carbonyl (C=O) groups is 1. The first kappa shape index (κ1) is 20.4. The SMILES string of the molecule is Cc1cc(=O)[nH]c2cc(NC(=O)c3cc(C(F)(F)F)cc(C(F)(F)F)c3)ccc12. The molecular formula is C19H12F6N2O2. The number of aryl methyl sites for hydroxylation is 1. The van der Waals surface area contributed by atoms with Crippen molar-refractivity contribution in [3.63, 3.8) is 0 Å². The lowest BCUT2D eigenvalue weighted by Gasteiger charge is -2.14. The van der Waals surface area contributed by atoms with Gasteiger partial charge in [-0.15, -0.1) is 0 Å². The highest BCUT2D eigenvalue weighted by atomic mass is 19.4. The number of halogens is 6. The van der Waals surface area contributed by atoms with Gasteiger partial charge in [0.15, 0.2) is 0 Å². The van der Waals surface area contributed by atoms with Gasteiger partial charge in [0.2, 0.25) is 5.56 Å². The molecule has 0 spiro atoms. The van der Waals surface area contributed by atoms with Crippen molar-refractivity contribution in [1.29, 1.82) is 0 Å². The molecule has 1 aromatic heterocycles. The Labute approximate surface area is 159 Å². The molecule has 2 N–H and O–H groups in total. The van der Waals surface area contributed by atoms with Crippen molar-refractivity contribution in [3.05, 3.63) is 75.1 Å². The number of rotatable bonds is 2. The van der Waals surface area contributed by atoms with Crippen LogP contribution in [-0.2, 0) is 12.4 Å². The van der Waals surface area contributed by atoms with E-state index in [0.29, 0.717) is 28.6 Å². The van der Waals surface area contributed by atoms with Gasteiger partial charge in [0.05, 0.1) is 16.6 Å². The summed E-state index contributed by atoms with van der Waals surface area (Å²) in [5.74, 6) is -1.16. The van der Waals surface area contributed by atoms with Crippen molar-refractivity contribution in [2.45, 2.75) is 19.3 Å². The second-order valence-corrected chi connectivity index (χ2v) is 6.33. The maximum absolute atomic E-state index is 12.9. The highest BCUT2D eigenvalue weighted by Crippen LogP contribution is 2.36. The fourth-order valence-corrected chi connectivity index (χ4v) is 2.80. The quantitative estimate of drug-likeness (QED) is 0.572. The zero-order valence-corrected chi connectivity index (χ0v) is 14.6. The van der Waals surface area contributed by atoms with E-state index in [-0.39, 0.29) is 11.8 Å². The highest BCUT2D eigenvalue weighted by Gasteiger charge is 2.37. The zero-order chi connectivity index (χ0) is 21.6. The molecule has 0 saturated carbocycles. The van der Waals surface area contributed by atoms with Gasteiger partial charge >= 0.3 is 12.4 Å².